The number of barbiturate groups is 1. The van der Waals surface area contributed by atoms with Gasteiger partial charge >= 0.3 is 6.03 Å². The van der Waals surface area contributed by atoms with E-state index < -0.39 is 17.8 Å². The van der Waals surface area contributed by atoms with Crippen LogP contribution in [0.3, 0.4) is 0 Å². The largest absolute Gasteiger partial charge is 0.497 e. The van der Waals surface area contributed by atoms with Gasteiger partial charge in [0.1, 0.15) is 17.9 Å². The second kappa shape index (κ2) is 11.1. The van der Waals surface area contributed by atoms with Crippen LogP contribution in [-0.4, -0.2) is 32.1 Å². The molecule has 1 aliphatic rings. The molecule has 0 saturated carbocycles. The van der Waals surface area contributed by atoms with E-state index in [9.17, 15) is 19.6 Å². The van der Waals surface area contributed by atoms with Crippen molar-refractivity contribution in [3.63, 3.8) is 0 Å². The predicted molar refractivity (Wildman–Crippen MR) is 143 cm³/mol. The number of hydrogen-bond acceptors (Lipinski definition) is 7. The molecule has 0 atom stereocenters. The van der Waals surface area contributed by atoms with Gasteiger partial charge in [0.15, 0.2) is 11.5 Å². The van der Waals surface area contributed by atoms with E-state index in [2.05, 4.69) is 34.0 Å². The molecular weight excluding hydrogens is 589 g/mol. The smallest absolute Gasteiger partial charge is 0.335 e. The highest BCUT2D eigenvalue weighted by atomic mass is 127. The van der Waals surface area contributed by atoms with Gasteiger partial charge in [-0.1, -0.05) is 18.2 Å². The van der Waals surface area contributed by atoms with Crippen molar-refractivity contribution < 1.29 is 28.6 Å². The number of halogens is 1. The van der Waals surface area contributed by atoms with Gasteiger partial charge in [-0.25, -0.2) is 9.69 Å². The van der Waals surface area contributed by atoms with Gasteiger partial charge in [0.25, 0.3) is 11.8 Å². The number of hydrogen-bond donors (Lipinski definition) is 1. The van der Waals surface area contributed by atoms with Gasteiger partial charge < -0.3 is 14.2 Å². The summed E-state index contributed by atoms with van der Waals surface area (Å²) in [7, 11) is 2.98. The highest BCUT2D eigenvalue weighted by Crippen LogP contribution is 2.36. The monoisotopic (exact) mass is 609 g/mol. The molecule has 0 radical (unpaired) electrons. The third kappa shape index (κ3) is 5.41. The molecule has 0 unspecified atom stereocenters. The quantitative estimate of drug-likeness (QED) is 0.239. The summed E-state index contributed by atoms with van der Waals surface area (Å²) >= 11 is 2.06. The average Bonchev–Trinajstić information content (AvgIpc) is 2.90. The first-order valence-electron chi connectivity index (χ1n) is 10.9. The Morgan fingerprint density at radius 1 is 1.03 bits per heavy atom. The number of benzene rings is 3. The number of nitrogens with one attached hydrogen (secondary N) is 1. The lowest BCUT2D eigenvalue weighted by molar-refractivity contribution is -0.122. The van der Waals surface area contributed by atoms with E-state index in [1.54, 1.807) is 54.6 Å². The number of rotatable bonds is 7. The van der Waals surface area contributed by atoms with Gasteiger partial charge in [0.05, 0.1) is 35.1 Å². The molecule has 0 spiro atoms. The molecule has 1 saturated heterocycles. The van der Waals surface area contributed by atoms with Gasteiger partial charge in [0, 0.05) is 5.56 Å². The number of nitrogens with zero attached hydrogens (tertiary/aromatic N) is 2. The Morgan fingerprint density at radius 3 is 2.43 bits per heavy atom. The van der Waals surface area contributed by atoms with Crippen LogP contribution in [-0.2, 0) is 16.2 Å². The Labute approximate surface area is 226 Å². The second-order valence-electron chi connectivity index (χ2n) is 7.75. The summed E-state index contributed by atoms with van der Waals surface area (Å²) in [4.78, 5) is 39.1. The minimum atomic E-state index is -0.842. The van der Waals surface area contributed by atoms with Crippen LogP contribution >= 0.6 is 22.6 Å². The lowest BCUT2D eigenvalue weighted by Crippen LogP contribution is -2.54. The van der Waals surface area contributed by atoms with Crippen molar-refractivity contribution in [3.8, 4) is 23.3 Å². The van der Waals surface area contributed by atoms with Gasteiger partial charge in [-0.2, -0.15) is 5.26 Å². The molecule has 1 aliphatic heterocycles. The molecule has 186 valence electrons. The number of nitriles is 1. The maximum absolute atomic E-state index is 13.2. The van der Waals surface area contributed by atoms with Crippen LogP contribution in [0.1, 0.15) is 16.7 Å². The van der Waals surface area contributed by atoms with E-state index in [-0.39, 0.29) is 17.9 Å². The van der Waals surface area contributed by atoms with Crippen LogP contribution in [0.2, 0.25) is 0 Å². The number of urea groups is 1. The highest BCUT2D eigenvalue weighted by molar-refractivity contribution is 14.1. The Bertz CT molecular complexity index is 1460. The lowest BCUT2D eigenvalue weighted by atomic mass is 10.1. The van der Waals surface area contributed by atoms with Crippen LogP contribution in [0, 0.1) is 14.9 Å². The number of methoxy groups -OCH3 is 2. The van der Waals surface area contributed by atoms with Gasteiger partial charge in [-0.05, 0) is 76.7 Å². The summed E-state index contributed by atoms with van der Waals surface area (Å²) in [6.45, 7) is 0.149. The van der Waals surface area contributed by atoms with Crippen LogP contribution in [0.25, 0.3) is 6.08 Å². The molecule has 37 heavy (non-hydrogen) atoms. The van der Waals surface area contributed by atoms with E-state index in [4.69, 9.17) is 14.2 Å². The van der Waals surface area contributed by atoms with Crippen molar-refractivity contribution in [3.05, 3.63) is 86.5 Å². The number of amides is 4. The molecule has 1 fully saturated rings. The van der Waals surface area contributed by atoms with Crippen molar-refractivity contribution >= 4 is 52.2 Å². The van der Waals surface area contributed by atoms with E-state index in [1.165, 1.54) is 20.3 Å². The summed E-state index contributed by atoms with van der Waals surface area (Å²) in [6.07, 6.45) is 1.39. The second-order valence-corrected chi connectivity index (χ2v) is 8.91. The summed E-state index contributed by atoms with van der Waals surface area (Å²) < 4.78 is 17.2. The minimum absolute atomic E-state index is 0.149. The Kier molecular flexibility index (Phi) is 7.74. The predicted octanol–water partition coefficient (Wildman–Crippen LogP) is 4.43. The number of imide groups is 2. The fourth-order valence-electron chi connectivity index (χ4n) is 3.66. The fraction of sp³-hybridized carbons (Fsp3) is 0.111. The van der Waals surface area contributed by atoms with Crippen molar-refractivity contribution in [2.45, 2.75) is 6.61 Å². The molecule has 0 aliphatic carbocycles. The van der Waals surface area contributed by atoms with Crippen LogP contribution in [0.15, 0.2) is 66.2 Å². The zero-order valence-corrected chi connectivity index (χ0v) is 21.9. The zero-order valence-electron chi connectivity index (χ0n) is 19.8. The first-order valence-corrected chi connectivity index (χ1v) is 12.0. The van der Waals surface area contributed by atoms with Gasteiger partial charge in [0.2, 0.25) is 0 Å². The minimum Gasteiger partial charge on any atom is -0.497 e. The maximum Gasteiger partial charge on any atom is 0.335 e. The first-order chi connectivity index (χ1) is 17.9. The van der Waals surface area contributed by atoms with E-state index >= 15 is 0 Å². The van der Waals surface area contributed by atoms with E-state index in [0.717, 1.165) is 10.5 Å². The summed E-state index contributed by atoms with van der Waals surface area (Å²) in [6, 6.07) is 18.1. The fourth-order valence-corrected chi connectivity index (χ4v) is 4.44. The highest BCUT2D eigenvalue weighted by Gasteiger charge is 2.37. The molecule has 0 aromatic heterocycles. The van der Waals surface area contributed by atoms with Crippen molar-refractivity contribution in [1.82, 2.24) is 5.32 Å². The molecule has 9 nitrogen and oxygen atoms in total. The zero-order chi connectivity index (χ0) is 26.5. The molecule has 3 aromatic carbocycles. The Morgan fingerprint density at radius 2 is 1.76 bits per heavy atom. The molecule has 4 amide bonds. The Hall–Kier alpha value is -4.37. The van der Waals surface area contributed by atoms with Gasteiger partial charge in [-0.3, -0.25) is 14.9 Å². The van der Waals surface area contributed by atoms with Crippen LogP contribution in [0.4, 0.5) is 10.5 Å². The maximum atomic E-state index is 13.2. The topological polar surface area (TPSA) is 118 Å². The normalized spacial score (nSPS) is 14.3. The van der Waals surface area contributed by atoms with Crippen LogP contribution in [0.5, 0.6) is 17.2 Å². The molecule has 1 N–H and O–H groups in total. The summed E-state index contributed by atoms with van der Waals surface area (Å²) in [5, 5.41) is 11.5. The first kappa shape index (κ1) is 25.7. The summed E-state index contributed by atoms with van der Waals surface area (Å²) in [5.74, 6) is -0.184. The lowest BCUT2D eigenvalue weighted by Gasteiger charge is -2.26. The SMILES string of the molecule is COc1ccc(N2C(=O)NC(=O)C(=Cc3cc(I)c(OCc4ccccc4C#N)c(OC)c3)C2=O)cc1. The van der Waals surface area contributed by atoms with Gasteiger partial charge in [-0.15, -0.1) is 0 Å². The number of anilines is 1. The number of carbonyl (C=O) groups excluding carboxylic acids is 3. The van der Waals surface area contributed by atoms with Crippen LogP contribution < -0.4 is 24.4 Å². The molecule has 4 rings (SSSR count). The number of ether oxygens (including phenoxy) is 3. The van der Waals surface area contributed by atoms with Crippen molar-refractivity contribution in [2.24, 2.45) is 0 Å². The molecule has 0 bridgehead atoms. The average molecular weight is 609 g/mol. The summed E-state index contributed by atoms with van der Waals surface area (Å²) in [5.41, 5.74) is 1.80. The molecule has 3 aromatic rings. The van der Waals surface area contributed by atoms with E-state index in [0.29, 0.717) is 31.9 Å². The Balaban J connectivity index is 1.64. The number of carbonyl (C=O) groups is 3. The standard InChI is InChI=1S/C27H20IN3O6/c1-35-20-9-7-19(8-10-20)31-26(33)21(25(32)30-27(31)34)11-16-12-22(28)24(23(13-16)36-2)37-15-18-6-4-3-5-17(18)14-29/h3-13H,15H2,1-2H3,(H,30,32,34). The van der Waals surface area contributed by atoms with Crippen molar-refractivity contribution in [1.29, 1.82) is 5.26 Å². The molecular formula is C27H20IN3O6. The third-order valence-corrected chi connectivity index (χ3v) is 6.31. The van der Waals surface area contributed by atoms with E-state index in [1.807, 2.05) is 6.07 Å². The third-order valence-electron chi connectivity index (χ3n) is 5.50. The molecule has 1 heterocycles. The molecule has 10 heteroatoms. The van der Waals surface area contributed by atoms with Crippen molar-refractivity contribution in [2.75, 3.05) is 19.1 Å².